The standard InChI is InChI=1S/C26H34N6O2/c1-18-6-8-19(9-7-18)23-21(30-25(33)24-28-17-20(16-27)29-24)10-11-22(31-23)26(2,3)34-15-14-32-12-4-5-13-32/h8,10-11,17-18H,4-7,9,12-15H2,1-3H3,(H,28,29)(H,30,33). The van der Waals surface area contributed by atoms with E-state index in [2.05, 4.69) is 33.2 Å². The van der Waals surface area contributed by atoms with Gasteiger partial charge in [-0.1, -0.05) is 13.0 Å². The summed E-state index contributed by atoms with van der Waals surface area (Å²) in [4.78, 5) is 27.0. The molecule has 1 amide bonds. The minimum atomic E-state index is -0.553. The highest BCUT2D eigenvalue weighted by molar-refractivity contribution is 6.03. The zero-order chi connectivity index (χ0) is 24.1. The highest BCUT2D eigenvalue weighted by Gasteiger charge is 2.27. The summed E-state index contributed by atoms with van der Waals surface area (Å²) < 4.78 is 6.29. The number of nitriles is 1. The van der Waals surface area contributed by atoms with Gasteiger partial charge in [0.15, 0.2) is 11.5 Å². The summed E-state index contributed by atoms with van der Waals surface area (Å²) in [5.41, 5.74) is 3.02. The van der Waals surface area contributed by atoms with Crippen LogP contribution in [0.4, 0.5) is 5.69 Å². The molecule has 3 heterocycles. The number of imidazole rings is 1. The van der Waals surface area contributed by atoms with Crippen LogP contribution >= 0.6 is 0 Å². The van der Waals surface area contributed by atoms with E-state index in [4.69, 9.17) is 15.0 Å². The molecule has 8 heteroatoms. The van der Waals surface area contributed by atoms with Gasteiger partial charge in [0, 0.05) is 12.7 Å². The molecule has 8 nitrogen and oxygen atoms in total. The molecule has 1 saturated heterocycles. The number of hydrogen-bond donors (Lipinski definition) is 2. The van der Waals surface area contributed by atoms with Crippen LogP contribution in [0.25, 0.3) is 5.57 Å². The number of anilines is 1. The van der Waals surface area contributed by atoms with Crippen LogP contribution in [0.5, 0.6) is 0 Å². The molecule has 0 saturated carbocycles. The van der Waals surface area contributed by atoms with E-state index >= 15 is 0 Å². The van der Waals surface area contributed by atoms with Crippen molar-refractivity contribution in [1.82, 2.24) is 19.9 Å². The Kier molecular flexibility index (Phi) is 7.44. The molecule has 0 spiro atoms. The summed E-state index contributed by atoms with van der Waals surface area (Å²) >= 11 is 0. The summed E-state index contributed by atoms with van der Waals surface area (Å²) in [5.74, 6) is 0.342. The molecule has 2 aromatic rings. The minimum Gasteiger partial charge on any atom is -0.368 e. The van der Waals surface area contributed by atoms with Crippen molar-refractivity contribution in [1.29, 1.82) is 5.26 Å². The quantitative estimate of drug-likeness (QED) is 0.599. The van der Waals surface area contributed by atoms with Crippen LogP contribution in [0.1, 0.15) is 80.6 Å². The van der Waals surface area contributed by atoms with Crippen molar-refractivity contribution in [3.63, 3.8) is 0 Å². The Balaban J connectivity index is 1.56. The molecule has 180 valence electrons. The number of aromatic nitrogens is 3. The molecule has 34 heavy (non-hydrogen) atoms. The van der Waals surface area contributed by atoms with Gasteiger partial charge in [0.1, 0.15) is 11.7 Å². The molecule has 2 aromatic heterocycles. The summed E-state index contributed by atoms with van der Waals surface area (Å²) in [6, 6.07) is 5.75. The number of allylic oxidation sites excluding steroid dienone is 2. The smallest absolute Gasteiger partial charge is 0.291 e. The molecule has 1 aliphatic heterocycles. The van der Waals surface area contributed by atoms with Crippen molar-refractivity contribution in [2.24, 2.45) is 5.92 Å². The van der Waals surface area contributed by atoms with Gasteiger partial charge in [0.05, 0.1) is 23.7 Å². The fourth-order valence-electron chi connectivity index (χ4n) is 4.51. The maximum absolute atomic E-state index is 12.8. The number of likely N-dealkylation sites (tertiary alicyclic amines) is 1. The van der Waals surface area contributed by atoms with Gasteiger partial charge >= 0.3 is 0 Å². The maximum atomic E-state index is 12.8. The van der Waals surface area contributed by atoms with E-state index in [-0.39, 0.29) is 11.5 Å². The number of ether oxygens (including phenoxy) is 1. The van der Waals surface area contributed by atoms with Gasteiger partial charge in [0.25, 0.3) is 5.91 Å². The summed E-state index contributed by atoms with van der Waals surface area (Å²) in [6.07, 6.45) is 9.19. The Bertz CT molecular complexity index is 1090. The average Bonchev–Trinajstić information content (AvgIpc) is 3.52. The monoisotopic (exact) mass is 462 g/mol. The molecule has 1 fully saturated rings. The first-order valence-corrected chi connectivity index (χ1v) is 12.2. The van der Waals surface area contributed by atoms with E-state index in [0.29, 0.717) is 18.2 Å². The number of hydrogen-bond acceptors (Lipinski definition) is 6. The third kappa shape index (κ3) is 5.72. The van der Waals surface area contributed by atoms with Gasteiger partial charge in [-0.25, -0.2) is 9.97 Å². The fourth-order valence-corrected chi connectivity index (χ4v) is 4.51. The van der Waals surface area contributed by atoms with Crippen molar-refractivity contribution in [2.75, 3.05) is 31.6 Å². The van der Waals surface area contributed by atoms with Crippen LogP contribution in [0.3, 0.4) is 0 Å². The molecule has 1 atom stereocenters. The van der Waals surface area contributed by atoms with Crippen LogP contribution in [0.2, 0.25) is 0 Å². The van der Waals surface area contributed by atoms with Crippen LogP contribution in [0.15, 0.2) is 24.4 Å². The van der Waals surface area contributed by atoms with Crippen LogP contribution in [-0.2, 0) is 10.3 Å². The number of carbonyl (C=O) groups is 1. The Labute approximate surface area is 201 Å². The van der Waals surface area contributed by atoms with Crippen molar-refractivity contribution < 1.29 is 9.53 Å². The van der Waals surface area contributed by atoms with Gasteiger partial charge < -0.3 is 19.9 Å². The van der Waals surface area contributed by atoms with E-state index in [1.807, 2.05) is 32.0 Å². The highest BCUT2D eigenvalue weighted by atomic mass is 16.5. The van der Waals surface area contributed by atoms with E-state index in [1.165, 1.54) is 19.0 Å². The van der Waals surface area contributed by atoms with Gasteiger partial charge in [0.2, 0.25) is 0 Å². The van der Waals surface area contributed by atoms with Crippen LogP contribution in [0, 0.1) is 17.2 Å². The number of amides is 1. The van der Waals surface area contributed by atoms with Crippen molar-refractivity contribution >= 4 is 17.2 Å². The second-order valence-electron chi connectivity index (χ2n) is 9.81. The molecule has 2 aliphatic rings. The lowest BCUT2D eigenvalue weighted by Gasteiger charge is -2.28. The normalized spacial score (nSPS) is 19.0. The Hall–Kier alpha value is -3.02. The van der Waals surface area contributed by atoms with Gasteiger partial charge in [-0.2, -0.15) is 5.26 Å². The number of nitrogens with one attached hydrogen (secondary N) is 2. The molecule has 0 aromatic carbocycles. The Morgan fingerprint density at radius 1 is 1.32 bits per heavy atom. The third-order valence-electron chi connectivity index (χ3n) is 6.71. The summed E-state index contributed by atoms with van der Waals surface area (Å²) in [5, 5.41) is 11.9. The molecule has 0 radical (unpaired) electrons. The Morgan fingerprint density at radius 3 is 2.79 bits per heavy atom. The minimum absolute atomic E-state index is 0.100. The summed E-state index contributed by atoms with van der Waals surface area (Å²) in [6.45, 7) is 10.2. The SMILES string of the molecule is CC1CC=C(c2nc(C(C)(C)OCCN3CCCC3)ccc2NC(=O)c2nc(C#N)c[nH]2)CC1. The molecule has 2 N–H and O–H groups in total. The maximum Gasteiger partial charge on any atom is 0.291 e. The first kappa shape index (κ1) is 24.1. The zero-order valence-electron chi connectivity index (χ0n) is 20.4. The Morgan fingerprint density at radius 2 is 2.12 bits per heavy atom. The number of nitrogens with zero attached hydrogens (tertiary/aromatic N) is 4. The van der Waals surface area contributed by atoms with Crippen LogP contribution in [-0.4, -0.2) is 52.0 Å². The largest absolute Gasteiger partial charge is 0.368 e. The van der Waals surface area contributed by atoms with Crippen LogP contribution < -0.4 is 5.32 Å². The summed E-state index contributed by atoms with van der Waals surface area (Å²) in [7, 11) is 0. The molecule has 1 unspecified atom stereocenters. The second kappa shape index (κ2) is 10.5. The van der Waals surface area contributed by atoms with Gasteiger partial charge in [-0.15, -0.1) is 0 Å². The lowest BCUT2D eigenvalue weighted by atomic mass is 9.88. The number of pyridine rings is 1. The third-order valence-corrected chi connectivity index (χ3v) is 6.71. The van der Waals surface area contributed by atoms with Crippen molar-refractivity contribution in [3.05, 3.63) is 47.3 Å². The van der Waals surface area contributed by atoms with E-state index in [0.717, 1.165) is 55.9 Å². The molecule has 1 aliphatic carbocycles. The number of rotatable bonds is 8. The van der Waals surface area contributed by atoms with E-state index < -0.39 is 11.5 Å². The first-order valence-electron chi connectivity index (χ1n) is 12.2. The fraction of sp³-hybridized carbons (Fsp3) is 0.538. The molecule has 0 bridgehead atoms. The topological polar surface area (TPSA) is 107 Å². The second-order valence-corrected chi connectivity index (χ2v) is 9.81. The molecular weight excluding hydrogens is 428 g/mol. The van der Waals surface area contributed by atoms with Crippen molar-refractivity contribution in [3.8, 4) is 6.07 Å². The predicted octanol–water partition coefficient (Wildman–Crippen LogP) is 4.48. The molecule has 4 rings (SSSR count). The average molecular weight is 463 g/mol. The van der Waals surface area contributed by atoms with Crippen molar-refractivity contribution in [2.45, 2.75) is 58.5 Å². The lowest BCUT2D eigenvalue weighted by molar-refractivity contribution is -0.0317. The number of carbonyl (C=O) groups excluding carboxylic acids is 1. The van der Waals surface area contributed by atoms with E-state index in [9.17, 15) is 4.79 Å². The highest BCUT2D eigenvalue weighted by Crippen LogP contribution is 2.35. The number of H-pyrrole nitrogens is 1. The first-order chi connectivity index (χ1) is 16.4. The number of aromatic amines is 1. The van der Waals surface area contributed by atoms with Gasteiger partial charge in [-0.3, -0.25) is 4.79 Å². The predicted molar refractivity (Wildman–Crippen MR) is 131 cm³/mol. The zero-order valence-corrected chi connectivity index (χ0v) is 20.4. The molecular formula is C26H34N6O2. The lowest BCUT2D eigenvalue weighted by Crippen LogP contribution is -2.30. The van der Waals surface area contributed by atoms with Gasteiger partial charge in [-0.05, 0) is 82.7 Å². The van der Waals surface area contributed by atoms with E-state index in [1.54, 1.807) is 0 Å².